The van der Waals surface area contributed by atoms with E-state index in [0.29, 0.717) is 12.1 Å². The third-order valence-corrected chi connectivity index (χ3v) is 2.87. The molecule has 1 aromatic rings. The second-order valence-electron chi connectivity index (χ2n) is 5.48. The van der Waals surface area contributed by atoms with Crippen molar-refractivity contribution in [2.75, 3.05) is 5.32 Å². The maximum absolute atomic E-state index is 4.34. The van der Waals surface area contributed by atoms with E-state index in [1.54, 1.807) is 0 Å². The van der Waals surface area contributed by atoms with Crippen LogP contribution in [0.5, 0.6) is 0 Å². The maximum Gasteiger partial charge on any atom is 0.203 e. The second-order valence-corrected chi connectivity index (χ2v) is 5.48. The van der Waals surface area contributed by atoms with Crippen molar-refractivity contribution in [2.45, 2.75) is 53.6 Å². The molecule has 0 saturated heterocycles. The molecule has 1 rings (SSSR count). The van der Waals surface area contributed by atoms with Gasteiger partial charge in [-0.15, -0.1) is 0 Å². The van der Waals surface area contributed by atoms with E-state index in [-0.39, 0.29) is 5.41 Å². The summed E-state index contributed by atoms with van der Waals surface area (Å²) < 4.78 is 2.15. The van der Waals surface area contributed by atoms with E-state index in [4.69, 9.17) is 0 Å². The van der Waals surface area contributed by atoms with Gasteiger partial charge in [0.15, 0.2) is 0 Å². The molecule has 86 valence electrons. The first-order chi connectivity index (χ1) is 6.82. The Balaban J connectivity index is 2.77. The fourth-order valence-corrected chi connectivity index (χ4v) is 1.25. The molecule has 0 bridgehead atoms. The van der Waals surface area contributed by atoms with Crippen molar-refractivity contribution in [3.8, 4) is 0 Å². The quantitative estimate of drug-likeness (QED) is 0.827. The summed E-state index contributed by atoms with van der Waals surface area (Å²) in [5.74, 6) is 0.965. The second kappa shape index (κ2) is 4.25. The highest BCUT2D eigenvalue weighted by Gasteiger charge is 2.21. The molecule has 0 aliphatic rings. The predicted molar refractivity (Wildman–Crippen MR) is 65.2 cm³/mol. The maximum atomic E-state index is 4.34. The topological polar surface area (TPSA) is 29.9 Å². The lowest BCUT2D eigenvalue weighted by atomic mass is 9.88. The third kappa shape index (κ3) is 2.98. The van der Waals surface area contributed by atoms with Crippen LogP contribution in [-0.2, 0) is 0 Å². The van der Waals surface area contributed by atoms with Crippen molar-refractivity contribution in [1.82, 2.24) is 9.55 Å². The fourth-order valence-electron chi connectivity index (χ4n) is 1.25. The predicted octanol–water partition coefficient (Wildman–Crippen LogP) is 3.31. The number of hydrogen-bond donors (Lipinski definition) is 1. The van der Waals surface area contributed by atoms with E-state index in [2.05, 4.69) is 56.4 Å². The summed E-state index contributed by atoms with van der Waals surface area (Å²) in [7, 11) is 0. The summed E-state index contributed by atoms with van der Waals surface area (Å²) in [6, 6.07) is 0.847. The van der Waals surface area contributed by atoms with Gasteiger partial charge < -0.3 is 9.88 Å². The molecule has 15 heavy (non-hydrogen) atoms. The summed E-state index contributed by atoms with van der Waals surface area (Å²) in [6.45, 7) is 13.2. The first-order valence-electron chi connectivity index (χ1n) is 5.61. The Labute approximate surface area is 92.9 Å². The van der Waals surface area contributed by atoms with Gasteiger partial charge in [0.2, 0.25) is 5.95 Å². The summed E-state index contributed by atoms with van der Waals surface area (Å²) in [5.41, 5.74) is 0.244. The van der Waals surface area contributed by atoms with Crippen molar-refractivity contribution >= 4 is 5.95 Å². The summed E-state index contributed by atoms with van der Waals surface area (Å²) in [5, 5.41) is 3.46. The summed E-state index contributed by atoms with van der Waals surface area (Å²) in [4.78, 5) is 4.34. The normalized spacial score (nSPS) is 14.3. The van der Waals surface area contributed by atoms with Gasteiger partial charge in [0.05, 0.1) is 0 Å². The molecule has 1 N–H and O–H groups in total. The minimum atomic E-state index is 0.244. The molecule has 0 aliphatic heterocycles. The van der Waals surface area contributed by atoms with Crippen LogP contribution in [0.15, 0.2) is 12.4 Å². The molecule has 1 heterocycles. The molecule has 3 heteroatoms. The van der Waals surface area contributed by atoms with Crippen LogP contribution in [0.4, 0.5) is 5.95 Å². The molecule has 0 radical (unpaired) electrons. The minimum absolute atomic E-state index is 0.244. The van der Waals surface area contributed by atoms with Gasteiger partial charge in [-0.2, -0.15) is 0 Å². The highest BCUT2D eigenvalue weighted by Crippen LogP contribution is 2.23. The fraction of sp³-hybridized carbons (Fsp3) is 0.750. The van der Waals surface area contributed by atoms with Crippen LogP contribution in [0.1, 0.15) is 47.6 Å². The Kier molecular flexibility index (Phi) is 3.42. The lowest BCUT2D eigenvalue weighted by Crippen LogP contribution is -2.32. The molecule has 1 atom stereocenters. The first kappa shape index (κ1) is 12.1. The Morgan fingerprint density at radius 3 is 2.33 bits per heavy atom. The third-order valence-electron chi connectivity index (χ3n) is 2.87. The van der Waals surface area contributed by atoms with Crippen LogP contribution in [0.2, 0.25) is 0 Å². The average Bonchev–Trinajstić information content (AvgIpc) is 2.50. The van der Waals surface area contributed by atoms with Crippen molar-refractivity contribution < 1.29 is 0 Å². The van der Waals surface area contributed by atoms with Crippen LogP contribution in [0, 0.1) is 5.41 Å². The monoisotopic (exact) mass is 209 g/mol. The van der Waals surface area contributed by atoms with Crippen LogP contribution in [0.3, 0.4) is 0 Å². The van der Waals surface area contributed by atoms with E-state index in [9.17, 15) is 0 Å². The van der Waals surface area contributed by atoms with E-state index in [1.165, 1.54) is 0 Å². The molecule has 3 nitrogen and oxygen atoms in total. The smallest absolute Gasteiger partial charge is 0.203 e. The number of hydrogen-bond acceptors (Lipinski definition) is 2. The van der Waals surface area contributed by atoms with Crippen molar-refractivity contribution in [3.63, 3.8) is 0 Å². The molecule has 0 saturated carbocycles. The Bertz CT molecular complexity index is 307. The first-order valence-corrected chi connectivity index (χ1v) is 5.61. The van der Waals surface area contributed by atoms with Crippen LogP contribution in [0.25, 0.3) is 0 Å². The molecule has 1 unspecified atom stereocenters. The number of imidazole rings is 1. The number of nitrogens with one attached hydrogen (secondary N) is 1. The lowest BCUT2D eigenvalue weighted by molar-refractivity contribution is 0.356. The number of aromatic nitrogens is 2. The molecular weight excluding hydrogens is 186 g/mol. The van der Waals surface area contributed by atoms with Crippen LogP contribution in [-0.4, -0.2) is 15.6 Å². The zero-order valence-corrected chi connectivity index (χ0v) is 10.7. The van der Waals surface area contributed by atoms with E-state index >= 15 is 0 Å². The van der Waals surface area contributed by atoms with E-state index < -0.39 is 0 Å². The summed E-state index contributed by atoms with van der Waals surface area (Å²) in [6.07, 6.45) is 3.86. The molecule has 0 spiro atoms. The molecule has 0 aromatic carbocycles. The number of rotatable bonds is 3. The Hall–Kier alpha value is -0.990. The zero-order valence-electron chi connectivity index (χ0n) is 10.7. The van der Waals surface area contributed by atoms with Gasteiger partial charge in [0.25, 0.3) is 0 Å². The summed E-state index contributed by atoms with van der Waals surface area (Å²) >= 11 is 0. The highest BCUT2D eigenvalue weighted by atomic mass is 15.2. The zero-order chi connectivity index (χ0) is 11.6. The van der Waals surface area contributed by atoms with Crippen molar-refractivity contribution in [2.24, 2.45) is 5.41 Å². The van der Waals surface area contributed by atoms with Crippen molar-refractivity contribution in [3.05, 3.63) is 12.4 Å². The van der Waals surface area contributed by atoms with Crippen LogP contribution < -0.4 is 5.32 Å². The minimum Gasteiger partial charge on any atom is -0.353 e. The number of anilines is 1. The number of nitrogens with zero attached hydrogens (tertiary/aromatic N) is 2. The molecule has 1 aromatic heterocycles. The molecule has 0 amide bonds. The average molecular weight is 209 g/mol. The van der Waals surface area contributed by atoms with Gasteiger partial charge in [0.1, 0.15) is 0 Å². The van der Waals surface area contributed by atoms with E-state index in [0.717, 1.165) is 5.95 Å². The molecule has 0 aliphatic carbocycles. The van der Waals surface area contributed by atoms with Gasteiger partial charge in [-0.25, -0.2) is 4.98 Å². The highest BCUT2D eigenvalue weighted by molar-refractivity contribution is 5.28. The van der Waals surface area contributed by atoms with Gasteiger partial charge in [0, 0.05) is 24.5 Å². The Morgan fingerprint density at radius 1 is 1.27 bits per heavy atom. The van der Waals surface area contributed by atoms with Gasteiger partial charge in [-0.3, -0.25) is 0 Å². The lowest BCUT2D eigenvalue weighted by Gasteiger charge is -2.29. The van der Waals surface area contributed by atoms with Gasteiger partial charge in [-0.1, -0.05) is 20.8 Å². The van der Waals surface area contributed by atoms with Gasteiger partial charge >= 0.3 is 0 Å². The van der Waals surface area contributed by atoms with Crippen LogP contribution >= 0.6 is 0 Å². The van der Waals surface area contributed by atoms with Crippen molar-refractivity contribution in [1.29, 1.82) is 0 Å². The SMILES string of the molecule is CC(C)n1ccnc1NC(C)C(C)(C)C. The Morgan fingerprint density at radius 2 is 1.87 bits per heavy atom. The molecular formula is C12H23N3. The largest absolute Gasteiger partial charge is 0.353 e. The van der Waals surface area contributed by atoms with Gasteiger partial charge in [-0.05, 0) is 26.2 Å². The molecule has 0 fully saturated rings. The van der Waals surface area contributed by atoms with E-state index in [1.807, 2.05) is 12.4 Å². The standard InChI is InChI=1S/C12H23N3/c1-9(2)15-8-7-13-11(15)14-10(3)12(4,5)6/h7-10H,1-6H3,(H,13,14).